The van der Waals surface area contributed by atoms with Crippen LogP contribution in [-0.4, -0.2) is 58.2 Å². The third kappa shape index (κ3) is 8.96. The zero-order valence-corrected chi connectivity index (χ0v) is 36.1. The van der Waals surface area contributed by atoms with Crippen molar-refractivity contribution in [3.05, 3.63) is 12.2 Å². The number of hydrogen-bond acceptors (Lipinski definition) is 10. The Morgan fingerprint density at radius 3 is 2.29 bits per heavy atom. The molecule has 0 radical (unpaired) electrons. The number of carbonyl (C=O) groups is 6. The fourth-order valence-electron chi connectivity index (χ4n) is 13.5. The number of allylic oxidation sites excluding steroid dienone is 2. The fourth-order valence-corrected chi connectivity index (χ4v) is 13.5. The molecule has 12 nitrogen and oxygen atoms in total. The first-order valence-electron chi connectivity index (χ1n) is 23.0. The number of hydrogen-bond donors (Lipinski definition) is 2. The van der Waals surface area contributed by atoms with E-state index >= 15 is 0 Å². The monoisotopic (exact) mass is 826 g/mol. The Bertz CT molecular complexity index is 1600. The van der Waals surface area contributed by atoms with Crippen LogP contribution in [0.4, 0.5) is 0 Å². The van der Waals surface area contributed by atoms with Gasteiger partial charge >= 0.3 is 35.8 Å². The van der Waals surface area contributed by atoms with E-state index in [1.165, 1.54) is 0 Å². The molecule has 0 amide bonds. The maximum Gasteiger partial charge on any atom is 0.318 e. The zero-order valence-electron chi connectivity index (χ0n) is 36.1. The number of aliphatic carboxylic acids is 2. The maximum absolute atomic E-state index is 14.1. The Hall–Kier alpha value is -3.12. The highest BCUT2D eigenvalue weighted by Crippen LogP contribution is 2.74. The number of cyclic esters (lactones) is 4. The summed E-state index contributed by atoms with van der Waals surface area (Å²) in [4.78, 5) is 90.4. The van der Waals surface area contributed by atoms with Crippen molar-refractivity contribution in [3.8, 4) is 0 Å². The third-order valence-electron chi connectivity index (χ3n) is 16.5. The van der Waals surface area contributed by atoms with Crippen molar-refractivity contribution in [2.45, 2.75) is 175 Å². The molecule has 2 saturated heterocycles. The number of carbonyl (C=O) groups excluding carboxylic acids is 4. The number of rotatable bonds is 21. The molecule has 2 heterocycles. The van der Waals surface area contributed by atoms with Gasteiger partial charge in [0.2, 0.25) is 0 Å². The third-order valence-corrected chi connectivity index (χ3v) is 16.5. The fraction of sp³-hybridized carbons (Fsp3) is 0.830. The quantitative estimate of drug-likeness (QED) is 0.0280. The molecule has 0 aromatic heterocycles. The van der Waals surface area contributed by atoms with Crippen LogP contribution in [0.3, 0.4) is 0 Å². The van der Waals surface area contributed by atoms with E-state index in [-0.39, 0.29) is 54.5 Å². The Morgan fingerprint density at radius 2 is 1.61 bits per heavy atom. The first-order valence-corrected chi connectivity index (χ1v) is 23.0. The van der Waals surface area contributed by atoms with Gasteiger partial charge in [-0.3, -0.25) is 28.8 Å². The van der Waals surface area contributed by atoms with Crippen LogP contribution < -0.4 is 0 Å². The molecule has 7 rings (SSSR count). The number of esters is 4. The minimum Gasteiger partial charge on any atom is -0.481 e. The maximum atomic E-state index is 14.1. The molecule has 13 atom stereocenters. The summed E-state index contributed by atoms with van der Waals surface area (Å²) in [7, 11) is 0. The van der Waals surface area contributed by atoms with Gasteiger partial charge in [-0.15, -0.1) is 0 Å². The number of carboxylic acid groups (broad SMARTS) is 2. The standard InChI is InChI=1S/C47H70O12/c1-6-7-8-12-16-29(32-27-38(50)56-41(32)51)19-20-30(17-13-10-9-11-14-18-37(48)49)58-59-36-26-31(28(2)3)33-25-35-45(4)22-15-23-46(5,44(54)55)34(45)21-24-47(35,36)40-39(33)42(52)57-43(40)53/h12,16,28-36,39-40H,6-11,13-15,17-27H2,1-5H3,(H,48,49)(H,54,55)/b16-12+. The minimum atomic E-state index is -0.896. The molecular weight excluding hydrogens is 757 g/mol. The van der Waals surface area contributed by atoms with Gasteiger partial charge in [0, 0.05) is 11.8 Å². The largest absolute Gasteiger partial charge is 0.481 e. The van der Waals surface area contributed by atoms with Crippen LogP contribution in [0.5, 0.6) is 0 Å². The summed E-state index contributed by atoms with van der Waals surface area (Å²) in [5.74, 6) is -5.60. The molecule has 5 saturated carbocycles. The molecule has 2 N–H and O–H groups in total. The molecular formula is C47H70O12. The number of ether oxygens (including phenoxy) is 2. The Morgan fingerprint density at radius 1 is 0.864 bits per heavy atom. The molecule has 59 heavy (non-hydrogen) atoms. The summed E-state index contributed by atoms with van der Waals surface area (Å²) >= 11 is 0. The van der Waals surface area contributed by atoms with Crippen molar-refractivity contribution in [2.75, 3.05) is 0 Å². The molecule has 0 aromatic rings. The molecule has 7 fully saturated rings. The summed E-state index contributed by atoms with van der Waals surface area (Å²) in [5.41, 5.74) is -2.09. The smallest absolute Gasteiger partial charge is 0.318 e. The van der Waals surface area contributed by atoms with Crippen molar-refractivity contribution in [3.63, 3.8) is 0 Å². The molecule has 1 spiro atoms. The highest BCUT2D eigenvalue weighted by Gasteiger charge is 2.76. The van der Waals surface area contributed by atoms with Crippen LogP contribution >= 0.6 is 0 Å². The van der Waals surface area contributed by atoms with Gasteiger partial charge in [-0.25, -0.2) is 9.78 Å². The lowest BCUT2D eigenvalue weighted by molar-refractivity contribution is -0.386. The minimum absolute atomic E-state index is 0.0434. The summed E-state index contributed by atoms with van der Waals surface area (Å²) in [5, 5.41) is 19.7. The predicted octanol–water partition coefficient (Wildman–Crippen LogP) is 9.02. The van der Waals surface area contributed by atoms with Crippen molar-refractivity contribution < 1.29 is 58.2 Å². The molecule has 7 aliphatic rings. The molecule has 12 heteroatoms. The normalized spacial score (nSPS) is 37.5. The van der Waals surface area contributed by atoms with Crippen molar-refractivity contribution >= 4 is 35.8 Å². The summed E-state index contributed by atoms with van der Waals surface area (Å²) < 4.78 is 10.5. The van der Waals surface area contributed by atoms with Crippen LogP contribution in [0.1, 0.15) is 163 Å². The summed E-state index contributed by atoms with van der Waals surface area (Å²) in [6.45, 7) is 10.6. The summed E-state index contributed by atoms with van der Waals surface area (Å²) in [6, 6.07) is 0. The first-order chi connectivity index (χ1) is 28.1. The van der Waals surface area contributed by atoms with Gasteiger partial charge in [-0.05, 0) is 118 Å². The molecule has 5 aliphatic carbocycles. The number of fused-ring (bicyclic) bond motifs is 3. The van der Waals surface area contributed by atoms with Crippen LogP contribution in [-0.2, 0) is 48.0 Å². The molecule has 330 valence electrons. The van der Waals surface area contributed by atoms with Gasteiger partial charge in [0.25, 0.3) is 0 Å². The van der Waals surface area contributed by atoms with Crippen LogP contribution in [0, 0.1) is 69.5 Å². The van der Waals surface area contributed by atoms with Crippen molar-refractivity contribution in [2.24, 2.45) is 69.5 Å². The van der Waals surface area contributed by atoms with Gasteiger partial charge in [0.1, 0.15) is 0 Å². The molecule has 13 unspecified atom stereocenters. The Balaban J connectivity index is 1.30. The van der Waals surface area contributed by atoms with Gasteiger partial charge in [-0.1, -0.05) is 84.8 Å². The second-order valence-corrected chi connectivity index (χ2v) is 20.0. The van der Waals surface area contributed by atoms with E-state index in [1.807, 2.05) is 6.92 Å². The number of carboxylic acids is 2. The van der Waals surface area contributed by atoms with Crippen LogP contribution in [0.2, 0.25) is 0 Å². The van der Waals surface area contributed by atoms with Gasteiger partial charge in [0.05, 0.1) is 41.8 Å². The van der Waals surface area contributed by atoms with Gasteiger partial charge in [0.15, 0.2) is 0 Å². The molecule has 2 bridgehead atoms. The average Bonchev–Trinajstić information content (AvgIpc) is 3.58. The van der Waals surface area contributed by atoms with E-state index in [9.17, 15) is 33.9 Å². The lowest BCUT2D eigenvalue weighted by Gasteiger charge is -2.66. The van der Waals surface area contributed by atoms with E-state index < -0.39 is 75.9 Å². The first kappa shape index (κ1) is 45.4. The van der Waals surface area contributed by atoms with E-state index in [0.29, 0.717) is 57.8 Å². The number of unbranched alkanes of at least 4 members (excludes halogenated alkanes) is 6. The zero-order chi connectivity index (χ0) is 42.7. The van der Waals surface area contributed by atoms with Crippen LogP contribution in [0.25, 0.3) is 0 Å². The highest BCUT2D eigenvalue weighted by atomic mass is 17.2. The SMILES string of the molecule is CCCC/C=C/C(CCC(CCCCCCCC(=O)O)OOC1CC(C(C)C)C2CC3C4(C)CCCC(C)(C(=O)O)C4CCC13C1C(=O)OC(=O)C21)C1CC(=O)OC1=O. The average molecular weight is 827 g/mol. The van der Waals surface area contributed by atoms with E-state index in [2.05, 4.69) is 39.8 Å². The van der Waals surface area contributed by atoms with E-state index in [0.717, 1.165) is 57.8 Å². The lowest BCUT2D eigenvalue weighted by atomic mass is 9.37. The summed E-state index contributed by atoms with van der Waals surface area (Å²) in [6.07, 6.45) is 16.8. The van der Waals surface area contributed by atoms with Gasteiger partial charge < -0.3 is 19.7 Å². The van der Waals surface area contributed by atoms with Gasteiger partial charge in [-0.2, -0.15) is 0 Å². The topological polar surface area (TPSA) is 180 Å². The Labute approximate surface area is 350 Å². The van der Waals surface area contributed by atoms with Crippen molar-refractivity contribution in [1.82, 2.24) is 0 Å². The van der Waals surface area contributed by atoms with Crippen LogP contribution in [0.15, 0.2) is 12.2 Å². The lowest BCUT2D eigenvalue weighted by Crippen LogP contribution is -2.65. The second-order valence-electron chi connectivity index (χ2n) is 20.0. The molecule has 2 aliphatic heterocycles. The molecule has 0 aromatic carbocycles. The van der Waals surface area contributed by atoms with E-state index in [4.69, 9.17) is 24.4 Å². The second kappa shape index (κ2) is 18.9. The van der Waals surface area contributed by atoms with E-state index in [1.54, 1.807) is 0 Å². The predicted molar refractivity (Wildman–Crippen MR) is 216 cm³/mol. The Kier molecular flexibility index (Phi) is 14.5. The highest BCUT2D eigenvalue weighted by molar-refractivity contribution is 5.97. The van der Waals surface area contributed by atoms with Crippen molar-refractivity contribution in [1.29, 1.82) is 0 Å².